The largest absolute Gasteiger partial charge is 0.381 e. The Labute approximate surface area is 175 Å². The number of likely N-dealkylation sites (N-methyl/N-ethyl adjacent to an activating group) is 1. The molecule has 0 radical (unpaired) electrons. The number of carbonyl (C=O) groups excluding carboxylic acids is 2. The maximum atomic E-state index is 12.8. The molecule has 0 unspecified atom stereocenters. The molecule has 1 saturated heterocycles. The number of rotatable bonds is 0. The molecule has 0 atom stereocenters. The van der Waals surface area contributed by atoms with Crippen LogP contribution in [0.2, 0.25) is 0 Å². The maximum absolute atomic E-state index is 12.8. The average Bonchev–Trinajstić information content (AvgIpc) is 3.32. The summed E-state index contributed by atoms with van der Waals surface area (Å²) in [6.45, 7) is 3.28. The molecule has 0 bridgehead atoms. The molecule has 3 aliphatic heterocycles. The lowest BCUT2D eigenvalue weighted by molar-refractivity contribution is 0.0780. The van der Waals surface area contributed by atoms with Gasteiger partial charge in [0.05, 0.1) is 0 Å². The molecule has 0 saturated carbocycles. The van der Waals surface area contributed by atoms with Crippen molar-refractivity contribution in [3.8, 4) is 0 Å². The fraction of sp³-hybridized carbons (Fsp3) is 0.391. The highest BCUT2D eigenvalue weighted by Gasteiger charge is 2.21. The molecule has 3 heterocycles. The minimum atomic E-state index is -0.275. The summed E-state index contributed by atoms with van der Waals surface area (Å²) in [5.74, 6) is -0.656. The summed E-state index contributed by atoms with van der Waals surface area (Å²) in [5.41, 5.74) is 2.86. The molecular weight excluding hydrogens is 390 g/mol. The molecule has 0 spiro atoms. The van der Waals surface area contributed by atoms with E-state index in [-0.39, 0.29) is 23.4 Å². The van der Waals surface area contributed by atoms with Crippen molar-refractivity contribution in [1.82, 2.24) is 10.2 Å². The molecule has 3 aliphatic rings. The Balaban J connectivity index is 0.000000140. The predicted molar refractivity (Wildman–Crippen MR) is 110 cm³/mol. The zero-order chi connectivity index (χ0) is 21.5. The van der Waals surface area contributed by atoms with Crippen LogP contribution in [0.4, 0.5) is 8.78 Å². The average molecular weight is 416 g/mol. The van der Waals surface area contributed by atoms with E-state index < -0.39 is 0 Å². The van der Waals surface area contributed by atoms with E-state index >= 15 is 0 Å². The number of amides is 2. The van der Waals surface area contributed by atoms with E-state index in [9.17, 15) is 18.4 Å². The molecular formula is C23H26F2N2O3. The summed E-state index contributed by atoms with van der Waals surface area (Å²) in [7, 11) is 1.76. The van der Waals surface area contributed by atoms with Crippen LogP contribution in [-0.2, 0) is 17.6 Å². The van der Waals surface area contributed by atoms with Gasteiger partial charge < -0.3 is 15.0 Å². The van der Waals surface area contributed by atoms with E-state index in [1.807, 2.05) is 0 Å². The van der Waals surface area contributed by atoms with Crippen molar-refractivity contribution in [1.29, 1.82) is 0 Å². The topological polar surface area (TPSA) is 58.6 Å². The zero-order valence-electron chi connectivity index (χ0n) is 17.0. The Bertz CT molecular complexity index is 906. The third kappa shape index (κ3) is 5.63. The number of fused-ring (bicyclic) bond motifs is 2. The number of carbonyl (C=O) groups is 2. The van der Waals surface area contributed by atoms with E-state index in [0.717, 1.165) is 37.2 Å². The van der Waals surface area contributed by atoms with Gasteiger partial charge in [0.25, 0.3) is 11.8 Å². The molecule has 7 heteroatoms. The highest BCUT2D eigenvalue weighted by molar-refractivity contribution is 5.97. The monoisotopic (exact) mass is 416 g/mol. The third-order valence-corrected chi connectivity index (χ3v) is 5.18. The first kappa shape index (κ1) is 21.9. The van der Waals surface area contributed by atoms with Crippen molar-refractivity contribution in [3.63, 3.8) is 0 Å². The van der Waals surface area contributed by atoms with Gasteiger partial charge in [0.1, 0.15) is 11.6 Å². The van der Waals surface area contributed by atoms with Gasteiger partial charge in [-0.05, 0) is 73.2 Å². The predicted octanol–water partition coefficient (Wildman–Crippen LogP) is 3.36. The fourth-order valence-electron chi connectivity index (χ4n) is 3.48. The third-order valence-electron chi connectivity index (χ3n) is 5.18. The van der Waals surface area contributed by atoms with E-state index in [1.165, 1.54) is 43.2 Å². The molecule has 2 amide bonds. The molecule has 2 aromatic rings. The van der Waals surface area contributed by atoms with E-state index in [4.69, 9.17) is 4.74 Å². The molecule has 160 valence electrons. The van der Waals surface area contributed by atoms with Crippen LogP contribution in [0.15, 0.2) is 36.4 Å². The minimum Gasteiger partial charge on any atom is -0.381 e. The van der Waals surface area contributed by atoms with Crippen LogP contribution in [0.1, 0.15) is 44.7 Å². The maximum Gasteiger partial charge on any atom is 0.253 e. The van der Waals surface area contributed by atoms with E-state index in [2.05, 4.69) is 5.32 Å². The van der Waals surface area contributed by atoms with Crippen molar-refractivity contribution in [2.24, 2.45) is 0 Å². The van der Waals surface area contributed by atoms with Crippen molar-refractivity contribution in [3.05, 3.63) is 70.3 Å². The van der Waals surface area contributed by atoms with Gasteiger partial charge in [0, 0.05) is 44.5 Å². The van der Waals surface area contributed by atoms with E-state index in [0.29, 0.717) is 24.2 Å². The lowest BCUT2D eigenvalue weighted by Gasteiger charge is -2.24. The van der Waals surface area contributed by atoms with Crippen LogP contribution in [-0.4, -0.2) is 50.1 Å². The second-order valence-corrected chi connectivity index (χ2v) is 7.41. The molecule has 2 aromatic carbocycles. The van der Waals surface area contributed by atoms with Crippen LogP contribution < -0.4 is 5.32 Å². The number of hydrogen-bond donors (Lipinski definition) is 1. The van der Waals surface area contributed by atoms with Gasteiger partial charge in [-0.1, -0.05) is 0 Å². The lowest BCUT2D eigenvalue weighted by atomic mass is 9.99. The van der Waals surface area contributed by atoms with Gasteiger partial charge in [0.2, 0.25) is 0 Å². The molecule has 1 fully saturated rings. The van der Waals surface area contributed by atoms with Gasteiger partial charge in [-0.3, -0.25) is 9.59 Å². The molecule has 1 N–H and O–H groups in total. The minimum absolute atomic E-state index is 0.0127. The smallest absolute Gasteiger partial charge is 0.253 e. The number of nitrogens with zero attached hydrogens (tertiary/aromatic N) is 1. The van der Waals surface area contributed by atoms with Gasteiger partial charge in [-0.25, -0.2) is 8.78 Å². The lowest BCUT2D eigenvalue weighted by Crippen LogP contribution is -2.34. The Morgan fingerprint density at radius 3 is 2.10 bits per heavy atom. The van der Waals surface area contributed by atoms with Crippen LogP contribution in [0, 0.1) is 11.6 Å². The fourth-order valence-corrected chi connectivity index (χ4v) is 3.48. The molecule has 0 aliphatic carbocycles. The van der Waals surface area contributed by atoms with Gasteiger partial charge in [-0.2, -0.15) is 0 Å². The van der Waals surface area contributed by atoms with Crippen molar-refractivity contribution >= 4 is 11.8 Å². The second kappa shape index (κ2) is 10.3. The summed E-state index contributed by atoms with van der Waals surface area (Å²) in [4.78, 5) is 24.3. The number of nitrogens with one attached hydrogen (secondary N) is 1. The highest BCUT2D eigenvalue weighted by atomic mass is 19.1. The van der Waals surface area contributed by atoms with E-state index in [1.54, 1.807) is 18.0 Å². The molecule has 0 aromatic heterocycles. The second-order valence-electron chi connectivity index (χ2n) is 7.41. The van der Waals surface area contributed by atoms with Crippen molar-refractivity contribution in [2.75, 3.05) is 33.4 Å². The Morgan fingerprint density at radius 2 is 1.50 bits per heavy atom. The summed E-state index contributed by atoms with van der Waals surface area (Å²) >= 11 is 0. The summed E-state index contributed by atoms with van der Waals surface area (Å²) < 4.78 is 30.4. The van der Waals surface area contributed by atoms with Crippen LogP contribution in [0.3, 0.4) is 0 Å². The SMILES string of the molecule is C1CCOC1.CN1CCc2cc(F)ccc2C1=O.O=C1NCCc2cc(F)ccc21. The number of benzene rings is 2. The number of hydrogen-bond acceptors (Lipinski definition) is 3. The zero-order valence-corrected chi connectivity index (χ0v) is 17.0. The van der Waals surface area contributed by atoms with Crippen LogP contribution in [0.5, 0.6) is 0 Å². The summed E-state index contributed by atoms with van der Waals surface area (Å²) in [6, 6.07) is 8.59. The molecule has 5 nitrogen and oxygen atoms in total. The normalized spacial score (nSPS) is 17.0. The van der Waals surface area contributed by atoms with Gasteiger partial charge in [-0.15, -0.1) is 0 Å². The first-order chi connectivity index (χ1) is 14.5. The Kier molecular flexibility index (Phi) is 7.52. The van der Waals surface area contributed by atoms with Gasteiger partial charge in [0.15, 0.2) is 0 Å². The number of halogens is 2. The summed E-state index contributed by atoms with van der Waals surface area (Å²) in [5, 5.41) is 2.70. The van der Waals surface area contributed by atoms with Crippen molar-refractivity contribution < 1.29 is 23.1 Å². The Morgan fingerprint density at radius 1 is 0.900 bits per heavy atom. The summed E-state index contributed by atoms with van der Waals surface area (Å²) in [6.07, 6.45) is 4.02. The quantitative estimate of drug-likeness (QED) is 0.717. The first-order valence-electron chi connectivity index (χ1n) is 10.1. The number of ether oxygens (including phenoxy) is 1. The van der Waals surface area contributed by atoms with Crippen molar-refractivity contribution in [2.45, 2.75) is 25.7 Å². The first-order valence-corrected chi connectivity index (χ1v) is 10.1. The van der Waals surface area contributed by atoms with Gasteiger partial charge >= 0.3 is 0 Å². The van der Waals surface area contributed by atoms with Crippen LogP contribution >= 0.6 is 0 Å². The standard InChI is InChI=1S/C10H10FNO.C9H8FNO.C4H8O/c1-12-5-4-7-6-8(11)2-3-9(7)10(12)13;10-7-1-2-8-6(5-7)3-4-11-9(8)12;1-2-4-5-3-1/h2-3,6H,4-5H2,1H3;1-2,5H,3-4H2,(H,11,12);1-4H2. The Hall–Kier alpha value is -2.80. The molecule has 30 heavy (non-hydrogen) atoms. The van der Waals surface area contributed by atoms with Crippen LogP contribution in [0.25, 0.3) is 0 Å². The molecule has 5 rings (SSSR count). The highest BCUT2D eigenvalue weighted by Crippen LogP contribution is 2.18.